The molecule has 0 aliphatic carbocycles. The number of para-hydroxylation sites is 1. The molecule has 148 valence electrons. The van der Waals surface area contributed by atoms with Crippen LogP contribution in [0.5, 0.6) is 0 Å². The lowest BCUT2D eigenvalue weighted by molar-refractivity contribution is 1.52. The summed E-state index contributed by atoms with van der Waals surface area (Å²) in [6, 6.07) is 46.8. The molecule has 0 aliphatic heterocycles. The van der Waals surface area contributed by atoms with Crippen molar-refractivity contribution in [1.82, 2.24) is 0 Å². The van der Waals surface area contributed by atoms with Crippen molar-refractivity contribution in [2.45, 2.75) is 0 Å². The fourth-order valence-electron chi connectivity index (χ4n) is 3.88. The van der Waals surface area contributed by atoms with Crippen molar-refractivity contribution in [1.29, 1.82) is 0 Å². The summed E-state index contributed by atoms with van der Waals surface area (Å²) in [5.41, 5.74) is 9.44. The first kappa shape index (κ1) is 18.9. The van der Waals surface area contributed by atoms with E-state index in [0.717, 1.165) is 11.4 Å². The molecule has 0 amide bonds. The number of nitrogens with one attached hydrogen (secondary N) is 1. The Kier molecular flexibility index (Phi) is 5.32. The van der Waals surface area contributed by atoms with Crippen LogP contribution < -0.4 is 5.32 Å². The third-order valence-electron chi connectivity index (χ3n) is 5.48. The number of benzene rings is 5. The van der Waals surface area contributed by atoms with Gasteiger partial charge in [0.25, 0.3) is 0 Å². The highest BCUT2D eigenvalue weighted by atomic mass is 14.9. The topological polar surface area (TPSA) is 12.0 Å². The number of hydrogen-bond donors (Lipinski definition) is 1. The third kappa shape index (κ3) is 4.26. The molecule has 5 aromatic rings. The second-order valence-corrected chi connectivity index (χ2v) is 7.56. The Morgan fingerprint density at radius 1 is 0.355 bits per heavy atom. The SMILES string of the molecule is c1ccc(-c2ccc(-c3ccccc3Nc3cccc(-c4ccccc4)c3)cc2)cc1. The molecule has 0 aliphatic rings. The standard InChI is InChI=1S/C30H23N/c1-3-10-23(11-4-1)25-18-20-26(21-19-25)29-16-7-8-17-30(29)31-28-15-9-14-27(22-28)24-12-5-2-6-13-24/h1-22,31H. The van der Waals surface area contributed by atoms with Gasteiger partial charge >= 0.3 is 0 Å². The lowest BCUT2D eigenvalue weighted by Crippen LogP contribution is -1.93. The average Bonchev–Trinajstić information content (AvgIpc) is 2.86. The largest absolute Gasteiger partial charge is 0.355 e. The molecular weight excluding hydrogens is 374 g/mol. The lowest BCUT2D eigenvalue weighted by Gasteiger charge is -2.14. The summed E-state index contributed by atoms with van der Waals surface area (Å²) in [5.74, 6) is 0. The van der Waals surface area contributed by atoms with Crippen LogP contribution in [-0.2, 0) is 0 Å². The maximum absolute atomic E-state index is 3.63. The predicted octanol–water partition coefficient (Wildman–Crippen LogP) is 8.43. The van der Waals surface area contributed by atoms with Gasteiger partial charge in [0.15, 0.2) is 0 Å². The number of hydrogen-bond acceptors (Lipinski definition) is 1. The van der Waals surface area contributed by atoms with Crippen LogP contribution in [-0.4, -0.2) is 0 Å². The van der Waals surface area contributed by atoms with Crippen LogP contribution in [0.4, 0.5) is 11.4 Å². The molecule has 0 heterocycles. The summed E-state index contributed by atoms with van der Waals surface area (Å²) >= 11 is 0. The van der Waals surface area contributed by atoms with Crippen molar-refractivity contribution in [2.24, 2.45) is 0 Å². The minimum atomic E-state index is 1.08. The molecule has 1 heteroatoms. The van der Waals surface area contributed by atoms with Gasteiger partial charge in [0, 0.05) is 16.9 Å². The van der Waals surface area contributed by atoms with Gasteiger partial charge < -0.3 is 5.32 Å². The van der Waals surface area contributed by atoms with E-state index < -0.39 is 0 Å². The highest BCUT2D eigenvalue weighted by Gasteiger charge is 2.07. The molecule has 0 radical (unpaired) electrons. The van der Waals surface area contributed by atoms with Crippen LogP contribution in [0, 0.1) is 0 Å². The predicted molar refractivity (Wildman–Crippen MR) is 132 cm³/mol. The Labute approximate surface area is 183 Å². The normalized spacial score (nSPS) is 10.6. The molecule has 5 rings (SSSR count). The molecular formula is C30H23N. The minimum Gasteiger partial charge on any atom is -0.355 e. The molecule has 0 fully saturated rings. The molecule has 5 aromatic carbocycles. The number of rotatable bonds is 5. The second-order valence-electron chi connectivity index (χ2n) is 7.56. The molecule has 1 nitrogen and oxygen atoms in total. The van der Waals surface area contributed by atoms with Crippen LogP contribution >= 0.6 is 0 Å². The van der Waals surface area contributed by atoms with Crippen LogP contribution in [0.15, 0.2) is 133 Å². The third-order valence-corrected chi connectivity index (χ3v) is 5.48. The Bertz CT molecular complexity index is 1270. The monoisotopic (exact) mass is 397 g/mol. The average molecular weight is 398 g/mol. The summed E-state index contributed by atoms with van der Waals surface area (Å²) < 4.78 is 0. The maximum Gasteiger partial charge on any atom is 0.0463 e. The summed E-state index contributed by atoms with van der Waals surface area (Å²) in [4.78, 5) is 0. The van der Waals surface area contributed by atoms with E-state index in [-0.39, 0.29) is 0 Å². The highest BCUT2D eigenvalue weighted by molar-refractivity contribution is 5.83. The van der Waals surface area contributed by atoms with Crippen molar-refractivity contribution < 1.29 is 0 Å². The van der Waals surface area contributed by atoms with E-state index in [0.29, 0.717) is 0 Å². The Morgan fingerprint density at radius 3 is 1.58 bits per heavy atom. The number of anilines is 2. The molecule has 0 atom stereocenters. The molecule has 0 unspecified atom stereocenters. The van der Waals surface area contributed by atoms with Crippen molar-refractivity contribution in [3.63, 3.8) is 0 Å². The maximum atomic E-state index is 3.63. The van der Waals surface area contributed by atoms with Gasteiger partial charge in [-0.3, -0.25) is 0 Å². The lowest BCUT2D eigenvalue weighted by atomic mass is 9.99. The van der Waals surface area contributed by atoms with Crippen molar-refractivity contribution >= 4 is 11.4 Å². The molecule has 0 aromatic heterocycles. The first-order valence-corrected chi connectivity index (χ1v) is 10.5. The van der Waals surface area contributed by atoms with Crippen LogP contribution in [0.3, 0.4) is 0 Å². The van der Waals surface area contributed by atoms with Crippen molar-refractivity contribution in [3.05, 3.63) is 133 Å². The van der Waals surface area contributed by atoms with Crippen molar-refractivity contribution in [3.8, 4) is 33.4 Å². The second kappa shape index (κ2) is 8.73. The van der Waals surface area contributed by atoms with E-state index >= 15 is 0 Å². The quantitative estimate of drug-likeness (QED) is 0.314. The molecule has 1 N–H and O–H groups in total. The van der Waals surface area contributed by atoms with Crippen LogP contribution in [0.25, 0.3) is 33.4 Å². The summed E-state index contributed by atoms with van der Waals surface area (Å²) in [5, 5.41) is 3.63. The Hall–Kier alpha value is -4.10. The van der Waals surface area contributed by atoms with Gasteiger partial charge in [0.2, 0.25) is 0 Å². The van der Waals surface area contributed by atoms with Gasteiger partial charge in [-0.15, -0.1) is 0 Å². The Balaban J connectivity index is 1.44. The minimum absolute atomic E-state index is 1.08. The summed E-state index contributed by atoms with van der Waals surface area (Å²) in [7, 11) is 0. The van der Waals surface area contributed by atoms with Gasteiger partial charge in [0.05, 0.1) is 0 Å². The van der Waals surface area contributed by atoms with Crippen LogP contribution in [0.2, 0.25) is 0 Å². The van der Waals surface area contributed by atoms with E-state index in [2.05, 4.69) is 127 Å². The van der Waals surface area contributed by atoms with Gasteiger partial charge in [-0.25, -0.2) is 0 Å². The Morgan fingerprint density at radius 2 is 0.871 bits per heavy atom. The smallest absolute Gasteiger partial charge is 0.0463 e. The molecule has 0 bridgehead atoms. The zero-order valence-corrected chi connectivity index (χ0v) is 17.2. The van der Waals surface area contributed by atoms with E-state index in [1.807, 2.05) is 12.1 Å². The summed E-state index contributed by atoms with van der Waals surface area (Å²) in [6.45, 7) is 0. The van der Waals surface area contributed by atoms with E-state index in [9.17, 15) is 0 Å². The van der Waals surface area contributed by atoms with E-state index in [4.69, 9.17) is 0 Å². The van der Waals surface area contributed by atoms with Crippen LogP contribution in [0.1, 0.15) is 0 Å². The van der Waals surface area contributed by atoms with Gasteiger partial charge in [0.1, 0.15) is 0 Å². The highest BCUT2D eigenvalue weighted by Crippen LogP contribution is 2.33. The fraction of sp³-hybridized carbons (Fsp3) is 0. The molecule has 0 saturated heterocycles. The van der Waals surface area contributed by atoms with E-state index in [1.165, 1.54) is 33.4 Å². The summed E-state index contributed by atoms with van der Waals surface area (Å²) in [6.07, 6.45) is 0. The van der Waals surface area contributed by atoms with Gasteiger partial charge in [-0.05, 0) is 46.0 Å². The first-order valence-electron chi connectivity index (χ1n) is 10.5. The zero-order chi connectivity index (χ0) is 20.9. The fourth-order valence-corrected chi connectivity index (χ4v) is 3.88. The van der Waals surface area contributed by atoms with Gasteiger partial charge in [-0.1, -0.05) is 115 Å². The molecule has 31 heavy (non-hydrogen) atoms. The molecule has 0 spiro atoms. The zero-order valence-electron chi connectivity index (χ0n) is 17.2. The molecule has 0 saturated carbocycles. The van der Waals surface area contributed by atoms with Gasteiger partial charge in [-0.2, -0.15) is 0 Å². The van der Waals surface area contributed by atoms with Crippen molar-refractivity contribution in [2.75, 3.05) is 5.32 Å². The first-order chi connectivity index (χ1) is 15.4. The van der Waals surface area contributed by atoms with E-state index in [1.54, 1.807) is 0 Å².